The molecule has 0 saturated carbocycles. The Balaban J connectivity index is 2.19. The summed E-state index contributed by atoms with van der Waals surface area (Å²) in [5, 5.41) is 1.08. The van der Waals surface area contributed by atoms with E-state index in [0.717, 1.165) is 5.75 Å². The number of hydrogen-bond acceptors (Lipinski definition) is 3. The molecule has 1 fully saturated rings. The zero-order chi connectivity index (χ0) is 13.3. The molecule has 1 heterocycles. The number of nitrogens with two attached hydrogens (primary N) is 1. The summed E-state index contributed by atoms with van der Waals surface area (Å²) in [7, 11) is 0. The number of rotatable bonds is 2. The largest absolute Gasteiger partial charge is 0.323 e. The Kier molecular flexibility index (Phi) is 4.56. The van der Waals surface area contributed by atoms with Crippen molar-refractivity contribution in [3.05, 3.63) is 35.4 Å². The summed E-state index contributed by atoms with van der Waals surface area (Å²) >= 11 is 3.56. The Morgan fingerprint density at radius 3 is 2.39 bits per heavy atom. The molecule has 18 heavy (non-hydrogen) atoms. The molecule has 0 amide bonds. The smallest absolute Gasteiger partial charge is 0.130 e. The molecule has 0 bridgehead atoms. The van der Waals surface area contributed by atoms with E-state index in [-0.39, 0.29) is 10.8 Å². The monoisotopic (exact) mass is 289 g/mol. The molecule has 1 nitrogen and oxygen atoms in total. The van der Waals surface area contributed by atoms with E-state index in [4.69, 9.17) is 5.73 Å². The Hall–Kier alpha value is -0.260. The number of hydrogen-bond donors (Lipinski definition) is 1. The van der Waals surface area contributed by atoms with E-state index in [1.165, 1.54) is 18.2 Å². The van der Waals surface area contributed by atoms with Crippen molar-refractivity contribution in [2.24, 2.45) is 5.73 Å². The molecule has 1 aliphatic rings. The lowest BCUT2D eigenvalue weighted by atomic mass is 10.0. The van der Waals surface area contributed by atoms with Crippen LogP contribution in [0.25, 0.3) is 0 Å². The summed E-state index contributed by atoms with van der Waals surface area (Å²) in [5.74, 6) is -0.246. The molecule has 5 heteroatoms. The Labute approximate surface area is 115 Å². The second-order valence-electron chi connectivity index (χ2n) is 4.58. The molecule has 1 aromatic carbocycles. The highest BCUT2D eigenvalue weighted by Gasteiger charge is 2.32. The first-order chi connectivity index (χ1) is 8.50. The molecule has 0 radical (unpaired) electrons. The topological polar surface area (TPSA) is 26.0 Å². The molecule has 100 valence electrons. The van der Waals surface area contributed by atoms with Crippen molar-refractivity contribution in [3.63, 3.8) is 0 Å². The van der Waals surface area contributed by atoms with Gasteiger partial charge in [-0.15, -0.1) is 0 Å². The fraction of sp³-hybridized carbons (Fsp3) is 0.538. The average Bonchev–Trinajstić information content (AvgIpc) is 2.32. The fourth-order valence-corrected chi connectivity index (χ4v) is 5.04. The Morgan fingerprint density at radius 1 is 1.22 bits per heavy atom. The van der Waals surface area contributed by atoms with Gasteiger partial charge < -0.3 is 5.73 Å². The van der Waals surface area contributed by atoms with Gasteiger partial charge in [-0.2, -0.15) is 23.5 Å². The zero-order valence-corrected chi connectivity index (χ0v) is 12.0. The molecular formula is C13H17F2NS2. The highest BCUT2D eigenvalue weighted by atomic mass is 32.2. The fourth-order valence-electron chi connectivity index (χ4n) is 2.01. The van der Waals surface area contributed by atoms with Gasteiger partial charge in [-0.1, -0.05) is 19.9 Å². The van der Waals surface area contributed by atoms with E-state index < -0.39 is 17.7 Å². The Bertz CT molecular complexity index is 407. The van der Waals surface area contributed by atoms with Gasteiger partial charge in [-0.3, -0.25) is 0 Å². The van der Waals surface area contributed by atoms with Gasteiger partial charge in [0.1, 0.15) is 11.6 Å². The predicted molar refractivity (Wildman–Crippen MR) is 76.0 cm³/mol. The lowest BCUT2D eigenvalue weighted by molar-refractivity contribution is 0.524. The van der Waals surface area contributed by atoms with Crippen LogP contribution in [-0.2, 0) is 0 Å². The van der Waals surface area contributed by atoms with Gasteiger partial charge in [0, 0.05) is 33.1 Å². The van der Waals surface area contributed by atoms with Crippen LogP contribution in [0.3, 0.4) is 0 Å². The number of thioether (sulfide) groups is 2. The van der Waals surface area contributed by atoms with E-state index in [0.29, 0.717) is 10.5 Å². The first-order valence-electron chi connectivity index (χ1n) is 5.97. The number of halogens is 2. The van der Waals surface area contributed by atoms with Crippen LogP contribution in [0, 0.1) is 11.6 Å². The molecule has 1 aromatic rings. The van der Waals surface area contributed by atoms with Crippen LogP contribution >= 0.6 is 23.5 Å². The third-order valence-electron chi connectivity index (χ3n) is 3.31. The standard InChI is InChI=1S/C13H17F2NS2/c1-7-8(2)18-11(6-17-7)13(16)12-9(14)4-3-5-10(12)15/h3-5,7-8,11,13H,6,16H2,1-2H3. The molecule has 1 aliphatic heterocycles. The van der Waals surface area contributed by atoms with Crippen molar-refractivity contribution in [2.75, 3.05) is 5.75 Å². The summed E-state index contributed by atoms with van der Waals surface area (Å²) in [5.41, 5.74) is 6.09. The summed E-state index contributed by atoms with van der Waals surface area (Å²) < 4.78 is 27.4. The maximum atomic E-state index is 13.7. The predicted octanol–water partition coefficient (Wildman–Crippen LogP) is 3.59. The third-order valence-corrected chi connectivity index (χ3v) is 6.82. The molecule has 2 N–H and O–H groups in total. The first kappa shape index (κ1) is 14.2. The summed E-state index contributed by atoms with van der Waals surface area (Å²) in [4.78, 5) is 0. The van der Waals surface area contributed by atoms with Crippen molar-refractivity contribution >= 4 is 23.5 Å². The molecular weight excluding hydrogens is 272 g/mol. The van der Waals surface area contributed by atoms with Crippen LogP contribution in [-0.4, -0.2) is 21.5 Å². The van der Waals surface area contributed by atoms with Gasteiger partial charge in [0.15, 0.2) is 0 Å². The van der Waals surface area contributed by atoms with E-state index in [9.17, 15) is 8.78 Å². The van der Waals surface area contributed by atoms with Crippen molar-refractivity contribution < 1.29 is 8.78 Å². The van der Waals surface area contributed by atoms with Gasteiger partial charge in [0.05, 0.1) is 0 Å². The quantitative estimate of drug-likeness (QED) is 0.901. The molecule has 2 rings (SSSR count). The van der Waals surface area contributed by atoms with E-state index in [1.54, 1.807) is 11.8 Å². The summed E-state index contributed by atoms with van der Waals surface area (Å²) in [6.07, 6.45) is 0. The molecule has 1 saturated heterocycles. The Morgan fingerprint density at radius 2 is 1.83 bits per heavy atom. The van der Waals surface area contributed by atoms with Crippen LogP contribution in [0.1, 0.15) is 25.5 Å². The van der Waals surface area contributed by atoms with Crippen LogP contribution < -0.4 is 5.73 Å². The lowest BCUT2D eigenvalue weighted by Gasteiger charge is -2.34. The maximum absolute atomic E-state index is 13.7. The molecule has 0 spiro atoms. The summed E-state index contributed by atoms with van der Waals surface area (Å²) in [6, 6.07) is 3.32. The molecule has 4 unspecified atom stereocenters. The van der Waals surface area contributed by atoms with Gasteiger partial charge >= 0.3 is 0 Å². The maximum Gasteiger partial charge on any atom is 0.130 e. The average molecular weight is 289 g/mol. The van der Waals surface area contributed by atoms with E-state index in [1.807, 2.05) is 11.8 Å². The zero-order valence-electron chi connectivity index (χ0n) is 10.4. The molecule has 0 aliphatic carbocycles. The second kappa shape index (κ2) is 5.80. The molecule has 0 aromatic heterocycles. The lowest BCUT2D eigenvalue weighted by Crippen LogP contribution is -2.35. The number of benzene rings is 1. The van der Waals surface area contributed by atoms with Crippen molar-refractivity contribution in [2.45, 2.75) is 35.6 Å². The summed E-state index contributed by atoms with van der Waals surface area (Å²) in [6.45, 7) is 4.31. The minimum atomic E-state index is -0.585. The third kappa shape index (κ3) is 2.83. The van der Waals surface area contributed by atoms with E-state index in [2.05, 4.69) is 13.8 Å². The van der Waals surface area contributed by atoms with Gasteiger partial charge in [-0.05, 0) is 12.1 Å². The van der Waals surface area contributed by atoms with Crippen molar-refractivity contribution in [1.29, 1.82) is 0 Å². The first-order valence-corrected chi connectivity index (χ1v) is 7.96. The van der Waals surface area contributed by atoms with E-state index >= 15 is 0 Å². The minimum absolute atomic E-state index is 0.0253. The van der Waals surface area contributed by atoms with Gasteiger partial charge in [0.25, 0.3) is 0 Å². The van der Waals surface area contributed by atoms with Crippen molar-refractivity contribution in [1.82, 2.24) is 0 Å². The molecule has 4 atom stereocenters. The highest BCUT2D eigenvalue weighted by Crippen LogP contribution is 2.40. The highest BCUT2D eigenvalue weighted by molar-refractivity contribution is 8.07. The van der Waals surface area contributed by atoms with Crippen LogP contribution in [0.15, 0.2) is 18.2 Å². The minimum Gasteiger partial charge on any atom is -0.323 e. The van der Waals surface area contributed by atoms with Gasteiger partial charge in [-0.25, -0.2) is 8.78 Å². The SMILES string of the molecule is CC1SCC(C(N)c2c(F)cccc2F)SC1C. The van der Waals surface area contributed by atoms with Crippen LogP contribution in [0.4, 0.5) is 8.78 Å². The van der Waals surface area contributed by atoms with Crippen LogP contribution in [0.2, 0.25) is 0 Å². The normalized spacial score (nSPS) is 30.2. The van der Waals surface area contributed by atoms with Crippen LogP contribution in [0.5, 0.6) is 0 Å². The van der Waals surface area contributed by atoms with Crippen molar-refractivity contribution in [3.8, 4) is 0 Å². The van der Waals surface area contributed by atoms with Gasteiger partial charge in [0.2, 0.25) is 0 Å². The second-order valence-corrected chi connectivity index (χ2v) is 7.61.